The number of hydrogen-bond acceptors (Lipinski definition) is 6. The molecule has 0 aliphatic carbocycles. The van der Waals surface area contributed by atoms with Gasteiger partial charge in [0, 0.05) is 15.6 Å². The lowest BCUT2D eigenvalue weighted by atomic mass is 10.2. The Morgan fingerprint density at radius 1 is 0.429 bits per heavy atom. The molecule has 0 saturated heterocycles. The fourth-order valence-corrected chi connectivity index (χ4v) is 11.2. The highest BCUT2D eigenvalue weighted by Crippen LogP contribution is 2.35. The van der Waals surface area contributed by atoms with Crippen LogP contribution in [-0.4, -0.2) is 50.0 Å². The third kappa shape index (κ3) is 4.27. The highest BCUT2D eigenvalue weighted by atomic mass is 35.6. The molecule has 0 aliphatic rings. The van der Waals surface area contributed by atoms with Gasteiger partial charge in [0.15, 0.2) is 0 Å². The molecule has 3 rings (SSSR count). The molecule has 0 aliphatic heterocycles. The van der Waals surface area contributed by atoms with E-state index in [1.807, 2.05) is 57.2 Å². The number of halogens is 1. The van der Waals surface area contributed by atoms with Gasteiger partial charge in [0.1, 0.15) is 34.5 Å². The molecule has 0 N–H and O–H groups in total. The Kier molecular flexibility index (Phi) is 8.13. The predicted octanol–water partition coefficient (Wildman–Crippen LogP) is 3.87. The molecule has 188 valence electrons. The van der Waals surface area contributed by atoms with Gasteiger partial charge in [0.05, 0.1) is 42.7 Å². The Morgan fingerprint density at radius 2 is 0.629 bits per heavy atom. The Balaban J connectivity index is 2.68. The minimum absolute atomic E-state index is 0.651. The van der Waals surface area contributed by atoms with E-state index in [2.05, 4.69) is 0 Å². The van der Waals surface area contributed by atoms with E-state index < -0.39 is 7.38 Å². The van der Waals surface area contributed by atoms with Crippen LogP contribution in [0.5, 0.6) is 34.5 Å². The first-order valence-electron chi connectivity index (χ1n) is 11.1. The van der Waals surface area contributed by atoms with Crippen LogP contribution < -0.4 is 44.0 Å². The molecule has 0 bridgehead atoms. The van der Waals surface area contributed by atoms with Crippen molar-refractivity contribution in [1.29, 1.82) is 0 Å². The fraction of sp³-hybridized carbons (Fsp3) is 0.333. The summed E-state index contributed by atoms with van der Waals surface area (Å²) in [6.07, 6.45) is 0. The molecule has 3 aromatic carbocycles. The maximum atomic E-state index is 8.10. The maximum Gasteiger partial charge on any atom is 0.260 e. The second-order valence-corrected chi connectivity index (χ2v) is 12.6. The van der Waals surface area contributed by atoms with Gasteiger partial charge in [-0.25, -0.2) is 0 Å². The molecule has 0 heterocycles. The van der Waals surface area contributed by atoms with Gasteiger partial charge in [-0.05, 0) is 73.9 Å². The third-order valence-electron chi connectivity index (χ3n) is 6.48. The van der Waals surface area contributed by atoms with Gasteiger partial charge in [-0.15, -0.1) is 11.1 Å². The van der Waals surface area contributed by atoms with E-state index in [0.29, 0.717) is 34.5 Å². The van der Waals surface area contributed by atoms with Crippen LogP contribution in [0.4, 0.5) is 0 Å². The molecule has 0 fully saturated rings. The van der Waals surface area contributed by atoms with Crippen LogP contribution in [0.3, 0.4) is 0 Å². The number of benzene rings is 3. The zero-order chi connectivity index (χ0) is 25.9. The van der Waals surface area contributed by atoms with Crippen LogP contribution in [0.1, 0.15) is 16.7 Å². The van der Waals surface area contributed by atoms with E-state index in [1.165, 1.54) is 0 Å². The first kappa shape index (κ1) is 26.6. The minimum atomic E-state index is -3.49. The predicted molar refractivity (Wildman–Crippen MR) is 143 cm³/mol. The average molecular weight is 517 g/mol. The second kappa shape index (κ2) is 10.7. The van der Waals surface area contributed by atoms with Gasteiger partial charge >= 0.3 is 0 Å². The first-order chi connectivity index (χ1) is 16.7. The average Bonchev–Trinajstić information content (AvgIpc) is 2.87. The molecule has 0 spiro atoms. The van der Waals surface area contributed by atoms with Crippen molar-refractivity contribution in [1.82, 2.24) is 0 Å². The zero-order valence-electron chi connectivity index (χ0n) is 21.8. The Morgan fingerprint density at radius 3 is 0.829 bits per heavy atom. The largest absolute Gasteiger partial charge is 0.497 e. The Bertz CT molecular complexity index is 1080. The van der Waals surface area contributed by atoms with E-state index in [9.17, 15) is 0 Å². The molecular formula is C27H33ClO6Si. The molecule has 35 heavy (non-hydrogen) atoms. The molecule has 6 nitrogen and oxygen atoms in total. The smallest absolute Gasteiger partial charge is 0.260 e. The second-order valence-electron chi connectivity index (χ2n) is 8.07. The Hall–Kier alpha value is -3.03. The van der Waals surface area contributed by atoms with Crippen LogP contribution in [0.15, 0.2) is 36.4 Å². The molecule has 0 saturated carbocycles. The molecule has 3 aromatic rings. The molecule has 8 heteroatoms. The zero-order valence-corrected chi connectivity index (χ0v) is 23.5. The van der Waals surface area contributed by atoms with Gasteiger partial charge < -0.3 is 28.4 Å². The lowest BCUT2D eigenvalue weighted by Gasteiger charge is -2.35. The van der Waals surface area contributed by atoms with Crippen molar-refractivity contribution in [3.63, 3.8) is 0 Å². The molecule has 0 radical (unpaired) electrons. The van der Waals surface area contributed by atoms with E-state index in [0.717, 1.165) is 32.3 Å². The lowest BCUT2D eigenvalue weighted by Crippen LogP contribution is -2.66. The van der Waals surface area contributed by atoms with Crippen molar-refractivity contribution in [2.75, 3.05) is 42.7 Å². The number of ether oxygens (including phenoxy) is 6. The standard InChI is InChI=1S/C27H33ClO6Si/c1-16-19(29-4)10-13-22(32-7)25(16)35(28,26-17(2)20(30-5)11-14-23(26)33-8)27-18(3)21(31-6)12-15-24(27)34-9/h10-15H,1-9H3. The molecule has 0 aromatic heterocycles. The van der Waals surface area contributed by atoms with E-state index >= 15 is 0 Å². The van der Waals surface area contributed by atoms with Crippen LogP contribution in [0, 0.1) is 20.8 Å². The lowest BCUT2D eigenvalue weighted by molar-refractivity contribution is 0.401. The fourth-order valence-electron chi connectivity index (χ4n) is 4.84. The van der Waals surface area contributed by atoms with Gasteiger partial charge in [-0.3, -0.25) is 0 Å². The van der Waals surface area contributed by atoms with Crippen molar-refractivity contribution >= 4 is 34.0 Å². The van der Waals surface area contributed by atoms with Crippen molar-refractivity contribution in [3.8, 4) is 34.5 Å². The monoisotopic (exact) mass is 516 g/mol. The summed E-state index contributed by atoms with van der Waals surface area (Å²) in [5.41, 5.74) is 2.63. The number of methoxy groups -OCH3 is 6. The molecule has 0 amide bonds. The minimum Gasteiger partial charge on any atom is -0.497 e. The van der Waals surface area contributed by atoms with Gasteiger partial charge in [0.25, 0.3) is 7.38 Å². The van der Waals surface area contributed by atoms with E-state index in [4.69, 9.17) is 39.5 Å². The molecular weight excluding hydrogens is 484 g/mol. The van der Waals surface area contributed by atoms with Crippen LogP contribution in [0.25, 0.3) is 0 Å². The van der Waals surface area contributed by atoms with Crippen molar-refractivity contribution < 1.29 is 28.4 Å². The summed E-state index contributed by atoms with van der Waals surface area (Å²) in [6, 6.07) is 11.3. The third-order valence-corrected chi connectivity index (χ3v) is 12.1. The van der Waals surface area contributed by atoms with E-state index in [-0.39, 0.29) is 0 Å². The summed E-state index contributed by atoms with van der Waals surface area (Å²) >= 11 is 8.10. The van der Waals surface area contributed by atoms with Crippen LogP contribution in [0.2, 0.25) is 0 Å². The van der Waals surface area contributed by atoms with Crippen molar-refractivity contribution in [2.45, 2.75) is 20.8 Å². The normalized spacial score (nSPS) is 11.1. The summed E-state index contributed by atoms with van der Waals surface area (Å²) in [6.45, 7) is 5.97. The van der Waals surface area contributed by atoms with Crippen LogP contribution >= 0.6 is 11.1 Å². The summed E-state index contributed by atoms with van der Waals surface area (Å²) in [5, 5.41) is 2.51. The SMILES string of the molecule is COc1ccc(OC)c([Si](Cl)(c2c(OC)ccc(OC)c2C)c2c(OC)ccc(OC)c2C)c1C. The van der Waals surface area contributed by atoms with Crippen LogP contribution in [-0.2, 0) is 0 Å². The van der Waals surface area contributed by atoms with Crippen molar-refractivity contribution in [3.05, 3.63) is 53.1 Å². The highest BCUT2D eigenvalue weighted by Gasteiger charge is 2.49. The highest BCUT2D eigenvalue weighted by molar-refractivity contribution is 7.41. The first-order valence-corrected chi connectivity index (χ1v) is 14.1. The van der Waals surface area contributed by atoms with Gasteiger partial charge in [-0.2, -0.15) is 0 Å². The Labute approximate surface area is 213 Å². The summed E-state index contributed by atoms with van der Waals surface area (Å²) in [7, 11) is 6.36. The molecule has 0 atom stereocenters. The van der Waals surface area contributed by atoms with Gasteiger partial charge in [0.2, 0.25) is 0 Å². The summed E-state index contributed by atoms with van der Waals surface area (Å²) in [5.74, 6) is 4.07. The maximum absolute atomic E-state index is 8.10. The quantitative estimate of drug-likeness (QED) is 0.244. The van der Waals surface area contributed by atoms with Crippen molar-refractivity contribution in [2.24, 2.45) is 0 Å². The number of rotatable bonds is 9. The van der Waals surface area contributed by atoms with E-state index in [1.54, 1.807) is 42.7 Å². The van der Waals surface area contributed by atoms with Gasteiger partial charge in [-0.1, -0.05) is 0 Å². The molecule has 0 unspecified atom stereocenters. The topological polar surface area (TPSA) is 55.4 Å². The summed E-state index contributed by atoms with van der Waals surface area (Å²) < 4.78 is 34.9. The summed E-state index contributed by atoms with van der Waals surface area (Å²) in [4.78, 5) is 0. The number of hydrogen-bond donors (Lipinski definition) is 0.